The fourth-order valence-electron chi connectivity index (χ4n) is 3.19. The van der Waals surface area contributed by atoms with E-state index >= 15 is 0 Å². The largest absolute Gasteiger partial charge is 0.485 e. The van der Waals surface area contributed by atoms with Gasteiger partial charge in [-0.3, -0.25) is 4.79 Å². The maximum absolute atomic E-state index is 12.8. The van der Waals surface area contributed by atoms with Crippen LogP contribution in [0, 0.1) is 0 Å². The van der Waals surface area contributed by atoms with E-state index < -0.39 is 0 Å². The normalized spacial score (nSPS) is 11.5. The molecule has 0 fully saturated rings. The molecule has 164 valence electrons. The summed E-state index contributed by atoms with van der Waals surface area (Å²) in [6.07, 6.45) is 0. The van der Waals surface area contributed by atoms with Gasteiger partial charge in [0, 0.05) is 11.6 Å². The van der Waals surface area contributed by atoms with E-state index in [0.717, 1.165) is 11.1 Å². The number of halogens is 1. The van der Waals surface area contributed by atoms with Crippen molar-refractivity contribution in [2.24, 2.45) is 0 Å². The summed E-state index contributed by atoms with van der Waals surface area (Å²) in [5.41, 5.74) is 2.73. The van der Waals surface area contributed by atoms with E-state index in [2.05, 4.69) is 5.32 Å². The molecule has 1 N–H and O–H groups in total. The van der Waals surface area contributed by atoms with Crippen molar-refractivity contribution < 1.29 is 14.3 Å². The van der Waals surface area contributed by atoms with Gasteiger partial charge < -0.3 is 14.8 Å². The number of rotatable bonds is 10. The molecule has 0 heterocycles. The number of carbonyl (C=O) groups is 1. The molecule has 0 saturated heterocycles. The minimum atomic E-state index is -0.275. The molecule has 3 aromatic carbocycles. The zero-order chi connectivity index (χ0) is 21.3. The second-order valence-corrected chi connectivity index (χ2v) is 7.62. The summed E-state index contributed by atoms with van der Waals surface area (Å²) >= 11 is 0. The fourth-order valence-corrected chi connectivity index (χ4v) is 3.19. The second-order valence-electron chi connectivity index (χ2n) is 7.62. The van der Waals surface area contributed by atoms with E-state index in [4.69, 9.17) is 9.47 Å². The standard InChI is InChI=1S/C26H29NO3.ClH/c1-19(2)27-20(3)26(28)23-14-15-24(29-17-21-10-6-4-7-11-21)25(16-23)30-18-22-12-8-5-9-13-22;/h4-16,19-20,27H,17-18H2,1-3H3;1H. The maximum atomic E-state index is 12.8. The number of ketones is 1. The molecule has 0 spiro atoms. The number of hydrogen-bond donors (Lipinski definition) is 1. The first-order chi connectivity index (χ1) is 14.5. The Bertz CT molecular complexity index is 945. The predicted molar refractivity (Wildman–Crippen MR) is 127 cm³/mol. The van der Waals surface area contributed by atoms with Crippen molar-refractivity contribution in [2.45, 2.75) is 46.1 Å². The van der Waals surface area contributed by atoms with E-state index in [9.17, 15) is 4.79 Å². The minimum Gasteiger partial charge on any atom is -0.485 e. The van der Waals surface area contributed by atoms with Gasteiger partial charge in [-0.2, -0.15) is 0 Å². The summed E-state index contributed by atoms with van der Waals surface area (Å²) in [7, 11) is 0. The molecule has 3 rings (SSSR count). The quantitative estimate of drug-likeness (QED) is 0.403. The lowest BCUT2D eigenvalue weighted by atomic mass is 10.0. The van der Waals surface area contributed by atoms with Gasteiger partial charge in [-0.15, -0.1) is 12.4 Å². The molecule has 4 nitrogen and oxygen atoms in total. The molecule has 0 aliphatic rings. The highest BCUT2D eigenvalue weighted by Gasteiger charge is 2.18. The van der Waals surface area contributed by atoms with Crippen molar-refractivity contribution in [3.05, 3.63) is 95.6 Å². The summed E-state index contributed by atoms with van der Waals surface area (Å²) < 4.78 is 12.1. The second kappa shape index (κ2) is 12.1. The first-order valence-electron chi connectivity index (χ1n) is 10.3. The van der Waals surface area contributed by atoms with Gasteiger partial charge in [0.1, 0.15) is 13.2 Å². The lowest BCUT2D eigenvalue weighted by Gasteiger charge is -2.18. The van der Waals surface area contributed by atoms with Crippen LogP contribution in [0.1, 0.15) is 42.3 Å². The summed E-state index contributed by atoms with van der Waals surface area (Å²) in [5, 5.41) is 3.26. The molecule has 31 heavy (non-hydrogen) atoms. The topological polar surface area (TPSA) is 47.6 Å². The van der Waals surface area contributed by atoms with Gasteiger partial charge in [0.15, 0.2) is 17.3 Å². The third-order valence-electron chi connectivity index (χ3n) is 4.68. The van der Waals surface area contributed by atoms with Crippen molar-refractivity contribution in [3.8, 4) is 11.5 Å². The van der Waals surface area contributed by atoms with Crippen LogP contribution in [-0.4, -0.2) is 17.9 Å². The monoisotopic (exact) mass is 439 g/mol. The molecule has 0 radical (unpaired) electrons. The van der Waals surface area contributed by atoms with Gasteiger partial charge in [0.25, 0.3) is 0 Å². The Hall–Kier alpha value is -2.82. The number of nitrogens with one attached hydrogen (secondary N) is 1. The molecule has 0 aliphatic carbocycles. The van der Waals surface area contributed by atoms with Crippen molar-refractivity contribution in [1.82, 2.24) is 5.32 Å². The van der Waals surface area contributed by atoms with Crippen molar-refractivity contribution in [1.29, 1.82) is 0 Å². The van der Waals surface area contributed by atoms with Gasteiger partial charge >= 0.3 is 0 Å². The third kappa shape index (κ3) is 7.42. The number of carbonyl (C=O) groups excluding carboxylic acids is 1. The zero-order valence-corrected chi connectivity index (χ0v) is 19.0. The van der Waals surface area contributed by atoms with Crippen LogP contribution in [0.3, 0.4) is 0 Å². The highest BCUT2D eigenvalue weighted by Crippen LogP contribution is 2.30. The van der Waals surface area contributed by atoms with E-state index in [1.54, 1.807) is 12.1 Å². The van der Waals surface area contributed by atoms with Crippen LogP contribution in [0.4, 0.5) is 0 Å². The average molecular weight is 440 g/mol. The van der Waals surface area contributed by atoms with Crippen molar-refractivity contribution >= 4 is 18.2 Å². The summed E-state index contributed by atoms with van der Waals surface area (Å²) in [6.45, 7) is 6.77. The van der Waals surface area contributed by atoms with Crippen LogP contribution in [-0.2, 0) is 13.2 Å². The lowest BCUT2D eigenvalue weighted by Crippen LogP contribution is -2.38. The van der Waals surface area contributed by atoms with Gasteiger partial charge in [-0.25, -0.2) is 0 Å². The van der Waals surface area contributed by atoms with Crippen LogP contribution < -0.4 is 14.8 Å². The van der Waals surface area contributed by atoms with Gasteiger partial charge in [0.05, 0.1) is 6.04 Å². The first-order valence-corrected chi connectivity index (χ1v) is 10.3. The fraction of sp³-hybridized carbons (Fsp3) is 0.269. The van der Waals surface area contributed by atoms with Gasteiger partial charge in [-0.05, 0) is 36.2 Å². The minimum absolute atomic E-state index is 0. The Kier molecular flexibility index (Phi) is 9.57. The molecule has 5 heteroatoms. The Morgan fingerprint density at radius 3 is 1.81 bits per heavy atom. The zero-order valence-electron chi connectivity index (χ0n) is 18.2. The summed E-state index contributed by atoms with van der Waals surface area (Å²) in [5.74, 6) is 1.22. The molecule has 0 bridgehead atoms. The predicted octanol–water partition coefficient (Wildman–Crippen LogP) is 5.84. The van der Waals surface area contributed by atoms with Crippen LogP contribution >= 0.6 is 12.4 Å². The number of Topliss-reactive ketones (excluding diaryl/α,β-unsaturated/α-hetero) is 1. The van der Waals surface area contributed by atoms with Crippen molar-refractivity contribution in [3.63, 3.8) is 0 Å². The first kappa shape index (κ1) is 24.4. The summed E-state index contributed by atoms with van der Waals surface area (Å²) in [6, 6.07) is 25.3. The van der Waals surface area contributed by atoms with Crippen LogP contribution in [0.2, 0.25) is 0 Å². The van der Waals surface area contributed by atoms with E-state index in [0.29, 0.717) is 30.3 Å². The number of hydrogen-bond acceptors (Lipinski definition) is 4. The van der Waals surface area contributed by atoms with Gasteiger partial charge in [-0.1, -0.05) is 74.5 Å². The highest BCUT2D eigenvalue weighted by molar-refractivity contribution is 6.00. The van der Waals surface area contributed by atoms with E-state index in [1.807, 2.05) is 87.5 Å². The van der Waals surface area contributed by atoms with Gasteiger partial charge in [0.2, 0.25) is 0 Å². The SMILES string of the molecule is CC(C)NC(C)C(=O)c1ccc(OCc2ccccc2)c(OCc2ccccc2)c1.Cl. The van der Waals surface area contributed by atoms with Crippen LogP contribution in [0.25, 0.3) is 0 Å². The Balaban J connectivity index is 0.00000341. The molecular formula is C26H30ClNO3. The van der Waals surface area contributed by atoms with E-state index in [1.165, 1.54) is 0 Å². The van der Waals surface area contributed by atoms with Crippen molar-refractivity contribution in [2.75, 3.05) is 0 Å². The molecular weight excluding hydrogens is 410 g/mol. The Labute approximate surface area is 191 Å². The molecule has 0 amide bonds. The van der Waals surface area contributed by atoms with E-state index in [-0.39, 0.29) is 30.3 Å². The maximum Gasteiger partial charge on any atom is 0.179 e. The molecule has 0 aliphatic heterocycles. The molecule has 1 unspecified atom stereocenters. The van der Waals surface area contributed by atoms with Crippen LogP contribution in [0.5, 0.6) is 11.5 Å². The Morgan fingerprint density at radius 2 is 1.29 bits per heavy atom. The Morgan fingerprint density at radius 1 is 0.774 bits per heavy atom. The molecule has 3 aromatic rings. The number of ether oxygens (including phenoxy) is 2. The third-order valence-corrected chi connectivity index (χ3v) is 4.68. The molecule has 1 atom stereocenters. The lowest BCUT2D eigenvalue weighted by molar-refractivity contribution is 0.0946. The van der Waals surface area contributed by atoms with Crippen LogP contribution in [0.15, 0.2) is 78.9 Å². The molecule has 0 aromatic heterocycles. The smallest absolute Gasteiger partial charge is 0.179 e. The molecule has 0 saturated carbocycles. The average Bonchev–Trinajstić information content (AvgIpc) is 2.77. The summed E-state index contributed by atoms with van der Waals surface area (Å²) in [4.78, 5) is 12.8. The number of benzene rings is 3. The highest BCUT2D eigenvalue weighted by atomic mass is 35.5.